The van der Waals surface area contributed by atoms with E-state index < -0.39 is 17.8 Å². The Balaban J connectivity index is 2.07. The first-order chi connectivity index (χ1) is 11.3. The highest BCUT2D eigenvalue weighted by atomic mass is 19.4. The van der Waals surface area contributed by atoms with E-state index in [-0.39, 0.29) is 11.1 Å². The van der Waals surface area contributed by atoms with Crippen LogP contribution >= 0.6 is 0 Å². The first-order valence-corrected chi connectivity index (χ1v) is 6.95. The zero-order valence-corrected chi connectivity index (χ0v) is 12.2. The van der Waals surface area contributed by atoms with Gasteiger partial charge in [0.15, 0.2) is 0 Å². The molecule has 1 aliphatic rings. The molecule has 3 rings (SSSR count). The molecular formula is C17H11F3N2O2. The normalized spacial score (nSPS) is 16.0. The van der Waals surface area contributed by atoms with E-state index in [1.165, 1.54) is 30.3 Å². The number of alkyl halides is 3. The summed E-state index contributed by atoms with van der Waals surface area (Å²) < 4.78 is 40.2. The first-order valence-electron chi connectivity index (χ1n) is 6.95. The van der Waals surface area contributed by atoms with E-state index in [4.69, 9.17) is 5.11 Å². The molecule has 0 aromatic heterocycles. The molecule has 0 amide bonds. The van der Waals surface area contributed by atoms with Crippen LogP contribution in [-0.2, 0) is 0 Å². The van der Waals surface area contributed by atoms with Crippen molar-refractivity contribution in [2.75, 3.05) is 0 Å². The molecule has 24 heavy (non-hydrogen) atoms. The second kappa shape index (κ2) is 5.59. The molecule has 1 N–H and O–H groups in total. The molecule has 0 radical (unpaired) electrons. The fraction of sp³-hybridized carbons (Fsp3) is 0.118. The third-order valence-corrected chi connectivity index (χ3v) is 3.62. The van der Waals surface area contributed by atoms with Gasteiger partial charge in [0.2, 0.25) is 0 Å². The van der Waals surface area contributed by atoms with E-state index in [1.54, 1.807) is 30.3 Å². The van der Waals surface area contributed by atoms with Crippen LogP contribution in [0, 0.1) is 0 Å². The summed E-state index contributed by atoms with van der Waals surface area (Å²) in [7, 11) is 0. The van der Waals surface area contributed by atoms with Gasteiger partial charge in [0.1, 0.15) is 0 Å². The van der Waals surface area contributed by atoms with Gasteiger partial charge in [-0.05, 0) is 29.3 Å². The molecule has 122 valence electrons. The SMILES string of the molecule is O=C(O)c1ccc(C=C(c2ccccc2)C2(C(F)(F)F)N=N2)cc1. The van der Waals surface area contributed by atoms with E-state index >= 15 is 0 Å². The van der Waals surface area contributed by atoms with Crippen molar-refractivity contribution >= 4 is 17.6 Å². The second-order valence-corrected chi connectivity index (χ2v) is 5.22. The van der Waals surface area contributed by atoms with E-state index in [1.807, 2.05) is 0 Å². The van der Waals surface area contributed by atoms with Crippen LogP contribution in [0.5, 0.6) is 0 Å². The van der Waals surface area contributed by atoms with Crippen LogP contribution in [-0.4, -0.2) is 22.9 Å². The van der Waals surface area contributed by atoms with E-state index in [2.05, 4.69) is 10.2 Å². The molecule has 0 saturated heterocycles. The highest BCUT2D eigenvalue weighted by Crippen LogP contribution is 2.53. The van der Waals surface area contributed by atoms with Crippen molar-refractivity contribution in [1.82, 2.24) is 0 Å². The van der Waals surface area contributed by atoms with Crippen LogP contribution < -0.4 is 0 Å². The molecule has 0 atom stereocenters. The van der Waals surface area contributed by atoms with E-state index in [0.717, 1.165) is 0 Å². The summed E-state index contributed by atoms with van der Waals surface area (Å²) >= 11 is 0. The van der Waals surface area contributed by atoms with E-state index in [9.17, 15) is 18.0 Å². The zero-order chi connectivity index (χ0) is 17.4. The van der Waals surface area contributed by atoms with Crippen LogP contribution in [0.3, 0.4) is 0 Å². The third-order valence-electron chi connectivity index (χ3n) is 3.62. The Morgan fingerprint density at radius 2 is 1.54 bits per heavy atom. The maximum Gasteiger partial charge on any atom is 0.442 e. The Kier molecular flexibility index (Phi) is 3.71. The van der Waals surface area contributed by atoms with Gasteiger partial charge in [0.25, 0.3) is 0 Å². The standard InChI is InChI=1S/C17H11F3N2O2/c18-17(19,20)16(21-22-16)14(12-4-2-1-3-5-12)10-11-6-8-13(9-7-11)15(23)24/h1-10H,(H,23,24). The molecule has 0 spiro atoms. The number of halogens is 3. The molecule has 7 heteroatoms. The highest BCUT2D eigenvalue weighted by molar-refractivity contribution is 5.90. The van der Waals surface area contributed by atoms with Crippen molar-refractivity contribution in [2.45, 2.75) is 11.8 Å². The van der Waals surface area contributed by atoms with Crippen LogP contribution in [0.25, 0.3) is 11.6 Å². The quantitative estimate of drug-likeness (QED) is 0.828. The molecular weight excluding hydrogens is 321 g/mol. The summed E-state index contributed by atoms with van der Waals surface area (Å²) in [6, 6.07) is 13.6. The van der Waals surface area contributed by atoms with Crippen LogP contribution in [0.1, 0.15) is 21.5 Å². The molecule has 0 fully saturated rings. The number of hydrogen-bond acceptors (Lipinski definition) is 3. The largest absolute Gasteiger partial charge is 0.478 e. The molecule has 4 nitrogen and oxygen atoms in total. The van der Waals surface area contributed by atoms with Gasteiger partial charge in [-0.1, -0.05) is 42.5 Å². The lowest BCUT2D eigenvalue weighted by atomic mass is 9.92. The first kappa shape index (κ1) is 15.9. The zero-order valence-electron chi connectivity index (χ0n) is 12.2. The second-order valence-electron chi connectivity index (χ2n) is 5.22. The van der Waals surface area contributed by atoms with Crippen molar-refractivity contribution < 1.29 is 23.1 Å². The van der Waals surface area contributed by atoms with Gasteiger partial charge in [-0.2, -0.15) is 13.2 Å². The molecule has 1 aliphatic heterocycles. The van der Waals surface area contributed by atoms with Crippen molar-refractivity contribution in [3.8, 4) is 0 Å². The number of nitrogens with zero attached hydrogens (tertiary/aromatic N) is 2. The van der Waals surface area contributed by atoms with Crippen LogP contribution in [0.15, 0.2) is 64.8 Å². The summed E-state index contributed by atoms with van der Waals surface area (Å²) in [4.78, 5) is 10.9. The van der Waals surface area contributed by atoms with Crippen LogP contribution in [0.4, 0.5) is 13.2 Å². The number of hydrogen-bond donors (Lipinski definition) is 1. The highest BCUT2D eigenvalue weighted by Gasteiger charge is 2.66. The number of carboxylic acid groups (broad SMARTS) is 1. The molecule has 0 saturated carbocycles. The lowest BCUT2D eigenvalue weighted by Crippen LogP contribution is -2.33. The summed E-state index contributed by atoms with van der Waals surface area (Å²) in [6.45, 7) is 0. The lowest BCUT2D eigenvalue weighted by Gasteiger charge is -2.18. The average Bonchev–Trinajstić information content (AvgIpc) is 3.35. The number of benzene rings is 2. The summed E-state index contributed by atoms with van der Waals surface area (Å²) in [5, 5.41) is 15.4. The summed E-state index contributed by atoms with van der Waals surface area (Å²) in [6.07, 6.45) is -3.32. The Labute approximate surface area is 135 Å². The number of aromatic carboxylic acids is 1. The lowest BCUT2D eigenvalue weighted by molar-refractivity contribution is -0.148. The summed E-state index contributed by atoms with van der Waals surface area (Å²) in [5.41, 5.74) is -1.82. The van der Waals surface area contributed by atoms with Crippen molar-refractivity contribution in [3.05, 3.63) is 71.3 Å². The molecule has 0 unspecified atom stereocenters. The minimum atomic E-state index is -4.64. The number of carboxylic acids is 1. The van der Waals surface area contributed by atoms with Gasteiger partial charge in [-0.3, -0.25) is 0 Å². The van der Waals surface area contributed by atoms with Gasteiger partial charge in [-0.25, -0.2) is 4.79 Å². The monoisotopic (exact) mass is 332 g/mol. The molecule has 2 aromatic carbocycles. The molecule has 1 heterocycles. The van der Waals surface area contributed by atoms with Crippen molar-refractivity contribution in [3.63, 3.8) is 0 Å². The van der Waals surface area contributed by atoms with Crippen molar-refractivity contribution in [1.29, 1.82) is 0 Å². The maximum atomic E-state index is 13.4. The summed E-state index contributed by atoms with van der Waals surface area (Å²) in [5.74, 6) is -1.10. The van der Waals surface area contributed by atoms with Gasteiger partial charge in [0, 0.05) is 5.57 Å². The topological polar surface area (TPSA) is 62.0 Å². The molecule has 2 aromatic rings. The number of rotatable bonds is 4. The van der Waals surface area contributed by atoms with Crippen LogP contribution in [0.2, 0.25) is 0 Å². The van der Waals surface area contributed by atoms with E-state index in [0.29, 0.717) is 11.1 Å². The Morgan fingerprint density at radius 3 is 2.00 bits per heavy atom. The predicted octanol–water partition coefficient (Wildman–Crippen LogP) is 4.65. The van der Waals surface area contributed by atoms with Gasteiger partial charge >= 0.3 is 17.8 Å². The minimum absolute atomic E-state index is 0.0553. The Morgan fingerprint density at radius 1 is 0.958 bits per heavy atom. The smallest absolute Gasteiger partial charge is 0.442 e. The van der Waals surface area contributed by atoms with Crippen molar-refractivity contribution in [2.24, 2.45) is 10.2 Å². The Bertz CT molecular complexity index is 819. The van der Waals surface area contributed by atoms with Gasteiger partial charge in [-0.15, -0.1) is 10.2 Å². The third kappa shape index (κ3) is 2.80. The average molecular weight is 332 g/mol. The van der Waals surface area contributed by atoms with Gasteiger partial charge < -0.3 is 5.11 Å². The predicted molar refractivity (Wildman–Crippen MR) is 81.4 cm³/mol. The minimum Gasteiger partial charge on any atom is -0.478 e. The molecule has 0 bridgehead atoms. The number of carbonyl (C=O) groups is 1. The van der Waals surface area contributed by atoms with Gasteiger partial charge in [0.05, 0.1) is 5.56 Å². The fourth-order valence-corrected chi connectivity index (χ4v) is 2.32. The fourth-order valence-electron chi connectivity index (χ4n) is 2.32. The molecule has 0 aliphatic carbocycles. The Hall–Kier alpha value is -2.96. The maximum absolute atomic E-state index is 13.4.